The van der Waals surface area contributed by atoms with Crippen LogP contribution >= 0.6 is 0 Å². The molecule has 0 amide bonds. The van der Waals surface area contributed by atoms with E-state index in [4.69, 9.17) is 4.74 Å². The highest BCUT2D eigenvalue weighted by Crippen LogP contribution is 2.16. The molecule has 1 rings (SSSR count). The number of benzene rings is 1. The highest BCUT2D eigenvalue weighted by atomic mass is 16.6. The van der Waals surface area contributed by atoms with E-state index >= 15 is 0 Å². The molecule has 1 aromatic rings. The Hall–Kier alpha value is -1.84. The Labute approximate surface area is 94.8 Å². The van der Waals surface area contributed by atoms with Gasteiger partial charge >= 0.3 is 5.97 Å². The normalized spacial score (nSPS) is 11.7. The zero-order valence-electron chi connectivity index (χ0n) is 9.64. The molecule has 0 fully saturated rings. The second-order valence-corrected chi connectivity index (χ2v) is 3.53. The summed E-state index contributed by atoms with van der Waals surface area (Å²) in [4.78, 5) is 23.1. The van der Waals surface area contributed by atoms with Gasteiger partial charge < -0.3 is 9.64 Å². The fourth-order valence-electron chi connectivity index (χ4n) is 1.32. The summed E-state index contributed by atoms with van der Waals surface area (Å²) >= 11 is 0. The van der Waals surface area contributed by atoms with E-state index in [0.717, 1.165) is 12.0 Å². The third-order valence-corrected chi connectivity index (χ3v) is 2.32. The van der Waals surface area contributed by atoms with Crippen LogP contribution in [0.2, 0.25) is 0 Å². The first-order chi connectivity index (χ1) is 7.54. The summed E-state index contributed by atoms with van der Waals surface area (Å²) in [6.45, 7) is 3.16. The number of rotatable bonds is 4. The second kappa shape index (κ2) is 5.30. The first-order valence-electron chi connectivity index (χ1n) is 5.00. The Kier molecular flexibility index (Phi) is 4.05. The van der Waals surface area contributed by atoms with Crippen molar-refractivity contribution in [1.29, 1.82) is 0 Å². The van der Waals surface area contributed by atoms with Gasteiger partial charge in [-0.3, -0.25) is 9.59 Å². The largest absolute Gasteiger partial charge is 0.442 e. The van der Waals surface area contributed by atoms with Crippen LogP contribution in [0.4, 0.5) is 5.69 Å². The van der Waals surface area contributed by atoms with Gasteiger partial charge in [-0.25, -0.2) is 0 Å². The number of nitrogens with zero attached hydrogens (tertiary/aromatic N) is 1. The Bertz CT molecular complexity index is 372. The average molecular weight is 221 g/mol. The van der Waals surface area contributed by atoms with Crippen LogP contribution in [0.3, 0.4) is 0 Å². The van der Waals surface area contributed by atoms with Gasteiger partial charge in [0.25, 0.3) is 0 Å². The molecule has 0 saturated carbocycles. The van der Waals surface area contributed by atoms with Crippen molar-refractivity contribution < 1.29 is 14.3 Å². The highest BCUT2D eigenvalue weighted by molar-refractivity contribution is 5.75. The van der Waals surface area contributed by atoms with Gasteiger partial charge in [-0.1, -0.05) is 0 Å². The Morgan fingerprint density at radius 3 is 2.38 bits per heavy atom. The molecule has 1 aromatic carbocycles. The van der Waals surface area contributed by atoms with Crippen LogP contribution in [-0.4, -0.2) is 25.5 Å². The summed E-state index contributed by atoms with van der Waals surface area (Å²) in [5.74, 6) is -0.316. The first-order valence-corrected chi connectivity index (χ1v) is 5.00. The van der Waals surface area contributed by atoms with Crippen molar-refractivity contribution in [3.63, 3.8) is 0 Å². The molecule has 0 spiro atoms. The van der Waals surface area contributed by atoms with Gasteiger partial charge in [-0.2, -0.15) is 0 Å². The third kappa shape index (κ3) is 3.08. The van der Waals surface area contributed by atoms with Crippen molar-refractivity contribution >= 4 is 17.9 Å². The molecular formula is C12H15NO3. The maximum absolute atomic E-state index is 10.8. The molecule has 0 heterocycles. The smallest absolute Gasteiger partial charge is 0.304 e. The molecule has 0 radical (unpaired) electrons. The average Bonchev–Trinajstić information content (AvgIpc) is 2.27. The fraction of sp³-hybridized carbons (Fsp3) is 0.333. The molecule has 0 aliphatic rings. The molecule has 1 unspecified atom stereocenters. The van der Waals surface area contributed by atoms with Crippen LogP contribution in [0.25, 0.3) is 0 Å². The van der Waals surface area contributed by atoms with Gasteiger partial charge in [0.2, 0.25) is 0 Å². The lowest BCUT2D eigenvalue weighted by Crippen LogP contribution is -2.32. The van der Waals surface area contributed by atoms with Gasteiger partial charge in [-0.05, 0) is 31.2 Å². The number of hydrogen-bond donors (Lipinski definition) is 0. The van der Waals surface area contributed by atoms with Gasteiger partial charge in [0, 0.05) is 25.2 Å². The molecular weight excluding hydrogens is 206 g/mol. The zero-order valence-corrected chi connectivity index (χ0v) is 9.64. The molecule has 86 valence electrons. The van der Waals surface area contributed by atoms with Crippen LogP contribution in [-0.2, 0) is 9.53 Å². The second-order valence-electron chi connectivity index (χ2n) is 3.53. The molecule has 4 nitrogen and oxygen atoms in total. The molecule has 0 aliphatic heterocycles. The topological polar surface area (TPSA) is 46.6 Å². The SMILES string of the molecule is CC(=O)OC(C)N(C)c1ccc(C=O)cc1. The maximum Gasteiger partial charge on any atom is 0.304 e. The first kappa shape index (κ1) is 12.2. The lowest BCUT2D eigenvalue weighted by atomic mass is 10.2. The minimum atomic E-state index is -0.334. The minimum absolute atomic E-state index is 0.316. The van der Waals surface area contributed by atoms with E-state index in [1.807, 2.05) is 24.1 Å². The summed E-state index contributed by atoms with van der Waals surface area (Å²) in [6, 6.07) is 7.06. The number of anilines is 1. The van der Waals surface area contributed by atoms with Crippen molar-refractivity contribution in [2.24, 2.45) is 0 Å². The van der Waals surface area contributed by atoms with Crippen molar-refractivity contribution in [2.75, 3.05) is 11.9 Å². The fourth-order valence-corrected chi connectivity index (χ4v) is 1.32. The molecule has 0 aromatic heterocycles. The predicted octanol–water partition coefficient (Wildman–Crippen LogP) is 1.84. The number of hydrogen-bond acceptors (Lipinski definition) is 4. The van der Waals surface area contributed by atoms with Crippen LogP contribution in [0.15, 0.2) is 24.3 Å². The Morgan fingerprint density at radius 1 is 1.38 bits per heavy atom. The van der Waals surface area contributed by atoms with E-state index in [9.17, 15) is 9.59 Å². The summed E-state index contributed by atoms with van der Waals surface area (Å²) < 4.78 is 5.04. The van der Waals surface area contributed by atoms with E-state index in [1.54, 1.807) is 19.1 Å². The third-order valence-electron chi connectivity index (χ3n) is 2.32. The molecule has 0 aliphatic carbocycles. The molecule has 4 heteroatoms. The number of carbonyl (C=O) groups is 2. The number of carbonyl (C=O) groups excluding carboxylic acids is 2. The highest BCUT2D eigenvalue weighted by Gasteiger charge is 2.12. The van der Waals surface area contributed by atoms with Crippen molar-refractivity contribution in [3.8, 4) is 0 Å². The van der Waals surface area contributed by atoms with Crippen molar-refractivity contribution in [3.05, 3.63) is 29.8 Å². The summed E-state index contributed by atoms with van der Waals surface area (Å²) in [6.07, 6.45) is 0.457. The molecule has 0 saturated heterocycles. The number of ether oxygens (including phenoxy) is 1. The van der Waals surface area contributed by atoms with E-state index in [0.29, 0.717) is 5.56 Å². The molecule has 16 heavy (non-hydrogen) atoms. The lowest BCUT2D eigenvalue weighted by Gasteiger charge is -2.26. The van der Waals surface area contributed by atoms with Crippen LogP contribution in [0.5, 0.6) is 0 Å². The minimum Gasteiger partial charge on any atom is -0.442 e. The van der Waals surface area contributed by atoms with Crippen LogP contribution < -0.4 is 4.90 Å². The zero-order chi connectivity index (χ0) is 12.1. The van der Waals surface area contributed by atoms with Crippen molar-refractivity contribution in [2.45, 2.75) is 20.1 Å². The van der Waals surface area contributed by atoms with Crippen molar-refractivity contribution in [1.82, 2.24) is 0 Å². The van der Waals surface area contributed by atoms with E-state index in [-0.39, 0.29) is 12.2 Å². The number of esters is 1. The summed E-state index contributed by atoms with van der Waals surface area (Å²) in [5.41, 5.74) is 1.51. The Morgan fingerprint density at radius 2 is 1.94 bits per heavy atom. The van der Waals surface area contributed by atoms with E-state index in [1.165, 1.54) is 6.92 Å². The van der Waals surface area contributed by atoms with Crippen LogP contribution in [0.1, 0.15) is 24.2 Å². The molecule has 0 bridgehead atoms. The van der Waals surface area contributed by atoms with Gasteiger partial charge in [0.1, 0.15) is 6.29 Å². The standard InChI is InChI=1S/C12H15NO3/c1-9(16-10(2)15)13(3)12-6-4-11(8-14)5-7-12/h4-9H,1-3H3. The maximum atomic E-state index is 10.8. The summed E-state index contributed by atoms with van der Waals surface area (Å²) in [7, 11) is 1.82. The molecule has 1 atom stereocenters. The monoisotopic (exact) mass is 221 g/mol. The Balaban J connectivity index is 2.75. The van der Waals surface area contributed by atoms with E-state index < -0.39 is 0 Å². The lowest BCUT2D eigenvalue weighted by molar-refractivity contribution is -0.145. The predicted molar refractivity (Wildman–Crippen MR) is 61.5 cm³/mol. The van der Waals surface area contributed by atoms with Gasteiger partial charge in [-0.15, -0.1) is 0 Å². The summed E-state index contributed by atoms with van der Waals surface area (Å²) in [5, 5.41) is 0. The van der Waals surface area contributed by atoms with Gasteiger partial charge in [0.15, 0.2) is 6.23 Å². The molecule has 0 N–H and O–H groups in total. The quantitative estimate of drug-likeness (QED) is 0.442. The van der Waals surface area contributed by atoms with Crippen LogP contribution in [0, 0.1) is 0 Å². The van der Waals surface area contributed by atoms with Gasteiger partial charge in [0.05, 0.1) is 0 Å². The number of aldehydes is 1. The van der Waals surface area contributed by atoms with E-state index in [2.05, 4.69) is 0 Å².